The van der Waals surface area contributed by atoms with Crippen LogP contribution in [0.4, 0.5) is 13.2 Å². The minimum Gasteiger partial charge on any atom is -0.345 e. The van der Waals surface area contributed by atoms with Gasteiger partial charge in [0.2, 0.25) is 5.91 Å². The number of likely N-dealkylation sites (N-methyl/N-ethyl adjacent to an activating group) is 1. The molecule has 0 heterocycles. The van der Waals surface area contributed by atoms with Crippen molar-refractivity contribution >= 4 is 5.91 Å². The zero-order valence-corrected chi connectivity index (χ0v) is 12.5. The Labute approximate surface area is 123 Å². The first-order valence-corrected chi connectivity index (χ1v) is 6.83. The second-order valence-corrected chi connectivity index (χ2v) is 5.07. The lowest BCUT2D eigenvalue weighted by molar-refractivity contribution is -0.142. The number of amides is 1. The van der Waals surface area contributed by atoms with Gasteiger partial charge in [0.15, 0.2) is 0 Å². The summed E-state index contributed by atoms with van der Waals surface area (Å²) in [5.74, 6) is -0.225. The van der Waals surface area contributed by atoms with E-state index in [-0.39, 0.29) is 12.5 Å². The van der Waals surface area contributed by atoms with Gasteiger partial charge in [-0.15, -0.1) is 0 Å². The molecule has 0 aliphatic carbocycles. The van der Waals surface area contributed by atoms with Crippen LogP contribution in [0.2, 0.25) is 0 Å². The van der Waals surface area contributed by atoms with E-state index in [0.717, 1.165) is 5.56 Å². The maximum Gasteiger partial charge on any atom is 0.390 e. The van der Waals surface area contributed by atoms with Crippen LogP contribution in [0.5, 0.6) is 0 Å². The third kappa shape index (κ3) is 6.16. The lowest BCUT2D eigenvalue weighted by Gasteiger charge is -2.22. The van der Waals surface area contributed by atoms with E-state index in [2.05, 4.69) is 5.32 Å². The maximum absolute atomic E-state index is 12.7. The molecule has 21 heavy (non-hydrogen) atoms. The summed E-state index contributed by atoms with van der Waals surface area (Å²) in [6.07, 6.45) is -5.29. The molecule has 0 radical (unpaired) electrons. The van der Waals surface area contributed by atoms with Crippen LogP contribution >= 0.6 is 0 Å². The smallest absolute Gasteiger partial charge is 0.345 e. The molecule has 0 saturated heterocycles. The summed E-state index contributed by atoms with van der Waals surface area (Å²) in [7, 11) is 1.62. The Morgan fingerprint density at radius 2 is 1.86 bits per heavy atom. The molecule has 0 spiro atoms. The van der Waals surface area contributed by atoms with Crippen LogP contribution in [0.3, 0.4) is 0 Å². The average Bonchev–Trinajstić information content (AvgIpc) is 2.41. The standard InChI is InChI=1S/C15H21F3N2O/c1-4-20(3)14(21)10-19-13(9-15(16,17)18)12-7-5-11(2)6-8-12/h5-8,13,19H,4,9-10H2,1-3H3. The Morgan fingerprint density at radius 1 is 1.29 bits per heavy atom. The molecule has 1 rings (SSSR count). The van der Waals surface area contributed by atoms with Crippen molar-refractivity contribution in [2.24, 2.45) is 0 Å². The first kappa shape index (κ1) is 17.5. The minimum absolute atomic E-state index is 0.112. The summed E-state index contributed by atoms with van der Waals surface area (Å²) in [5, 5.41) is 2.72. The maximum atomic E-state index is 12.7. The van der Waals surface area contributed by atoms with E-state index < -0.39 is 18.6 Å². The SMILES string of the molecule is CCN(C)C(=O)CNC(CC(F)(F)F)c1ccc(C)cc1. The fourth-order valence-electron chi connectivity index (χ4n) is 1.86. The van der Waals surface area contributed by atoms with Gasteiger partial charge in [0, 0.05) is 19.6 Å². The molecule has 0 saturated carbocycles. The van der Waals surface area contributed by atoms with Crippen LogP contribution in [0.25, 0.3) is 0 Å². The van der Waals surface area contributed by atoms with Crippen LogP contribution < -0.4 is 5.32 Å². The highest BCUT2D eigenvalue weighted by molar-refractivity contribution is 5.77. The van der Waals surface area contributed by atoms with Gasteiger partial charge in [0.05, 0.1) is 13.0 Å². The van der Waals surface area contributed by atoms with Crippen molar-refractivity contribution in [3.05, 3.63) is 35.4 Å². The van der Waals surface area contributed by atoms with Crippen LogP contribution in [0, 0.1) is 6.92 Å². The second-order valence-electron chi connectivity index (χ2n) is 5.07. The highest BCUT2D eigenvalue weighted by Gasteiger charge is 2.32. The van der Waals surface area contributed by atoms with Gasteiger partial charge in [0.25, 0.3) is 0 Å². The van der Waals surface area contributed by atoms with Gasteiger partial charge in [-0.2, -0.15) is 13.2 Å². The highest BCUT2D eigenvalue weighted by atomic mass is 19.4. The Balaban J connectivity index is 2.78. The van der Waals surface area contributed by atoms with E-state index >= 15 is 0 Å². The Kier molecular flexibility index (Phi) is 6.20. The van der Waals surface area contributed by atoms with Gasteiger partial charge < -0.3 is 10.2 Å². The monoisotopic (exact) mass is 302 g/mol. The molecule has 1 unspecified atom stereocenters. The average molecular weight is 302 g/mol. The van der Waals surface area contributed by atoms with E-state index in [0.29, 0.717) is 12.1 Å². The topological polar surface area (TPSA) is 32.3 Å². The molecule has 1 amide bonds. The largest absolute Gasteiger partial charge is 0.390 e. The summed E-state index contributed by atoms with van der Waals surface area (Å²) >= 11 is 0. The molecule has 1 atom stereocenters. The molecule has 0 aromatic heterocycles. The van der Waals surface area contributed by atoms with Crippen molar-refractivity contribution in [1.29, 1.82) is 0 Å². The predicted octanol–water partition coefficient (Wildman–Crippen LogP) is 3.06. The summed E-state index contributed by atoms with van der Waals surface area (Å²) in [4.78, 5) is 13.2. The van der Waals surface area contributed by atoms with Crippen LogP contribution in [-0.4, -0.2) is 37.1 Å². The molecular weight excluding hydrogens is 281 g/mol. The quantitative estimate of drug-likeness (QED) is 0.876. The van der Waals surface area contributed by atoms with Gasteiger partial charge in [0.1, 0.15) is 0 Å². The first-order valence-electron chi connectivity index (χ1n) is 6.83. The third-order valence-electron chi connectivity index (χ3n) is 3.32. The molecule has 0 fully saturated rings. The fraction of sp³-hybridized carbons (Fsp3) is 0.533. The van der Waals surface area contributed by atoms with Crippen molar-refractivity contribution < 1.29 is 18.0 Å². The Bertz CT molecular complexity index is 457. The Morgan fingerprint density at radius 3 is 2.33 bits per heavy atom. The fourth-order valence-corrected chi connectivity index (χ4v) is 1.86. The number of nitrogens with one attached hydrogen (secondary N) is 1. The molecule has 6 heteroatoms. The van der Waals surface area contributed by atoms with Crippen LogP contribution in [0.1, 0.15) is 30.5 Å². The van der Waals surface area contributed by atoms with Crippen molar-refractivity contribution in [3.8, 4) is 0 Å². The third-order valence-corrected chi connectivity index (χ3v) is 3.32. The van der Waals surface area contributed by atoms with E-state index in [1.165, 1.54) is 4.90 Å². The van der Waals surface area contributed by atoms with Crippen molar-refractivity contribution in [2.45, 2.75) is 32.5 Å². The van der Waals surface area contributed by atoms with Gasteiger partial charge in [-0.05, 0) is 19.4 Å². The first-order chi connectivity index (χ1) is 9.73. The molecule has 1 aromatic carbocycles. The number of carbonyl (C=O) groups excluding carboxylic acids is 1. The zero-order chi connectivity index (χ0) is 16.0. The molecular formula is C15H21F3N2O. The van der Waals surface area contributed by atoms with E-state index in [9.17, 15) is 18.0 Å². The molecule has 118 valence electrons. The minimum atomic E-state index is -4.29. The second kappa shape index (κ2) is 7.45. The number of aryl methyl sites for hydroxylation is 1. The summed E-state index contributed by atoms with van der Waals surface area (Å²) in [6, 6.07) is 5.93. The lowest BCUT2D eigenvalue weighted by atomic mass is 10.0. The molecule has 0 bridgehead atoms. The highest BCUT2D eigenvalue weighted by Crippen LogP contribution is 2.29. The van der Waals surface area contributed by atoms with Gasteiger partial charge in [-0.1, -0.05) is 29.8 Å². The normalized spacial score (nSPS) is 13.0. The van der Waals surface area contributed by atoms with Crippen molar-refractivity contribution in [2.75, 3.05) is 20.1 Å². The molecule has 3 nitrogen and oxygen atoms in total. The summed E-state index contributed by atoms with van der Waals surface area (Å²) < 4.78 is 38.1. The zero-order valence-electron chi connectivity index (χ0n) is 12.5. The number of carbonyl (C=O) groups is 1. The summed E-state index contributed by atoms with van der Waals surface area (Å²) in [6.45, 7) is 4.09. The number of alkyl halides is 3. The number of rotatable bonds is 6. The summed E-state index contributed by atoms with van der Waals surface area (Å²) in [5.41, 5.74) is 1.51. The van der Waals surface area contributed by atoms with Gasteiger partial charge in [-0.25, -0.2) is 0 Å². The number of benzene rings is 1. The van der Waals surface area contributed by atoms with E-state index in [1.807, 2.05) is 13.8 Å². The molecule has 1 aromatic rings. The number of nitrogens with zero attached hydrogens (tertiary/aromatic N) is 1. The molecule has 0 aliphatic heterocycles. The van der Waals surface area contributed by atoms with Crippen LogP contribution in [0.15, 0.2) is 24.3 Å². The molecule has 1 N–H and O–H groups in total. The van der Waals surface area contributed by atoms with Crippen LogP contribution in [-0.2, 0) is 4.79 Å². The number of hydrogen-bond donors (Lipinski definition) is 1. The number of hydrogen-bond acceptors (Lipinski definition) is 2. The Hall–Kier alpha value is -1.56. The van der Waals surface area contributed by atoms with Gasteiger partial charge >= 0.3 is 6.18 Å². The van der Waals surface area contributed by atoms with E-state index in [1.54, 1.807) is 31.3 Å². The number of halogens is 3. The predicted molar refractivity (Wildman–Crippen MR) is 75.9 cm³/mol. The molecule has 0 aliphatic rings. The van der Waals surface area contributed by atoms with Crippen molar-refractivity contribution in [1.82, 2.24) is 10.2 Å². The van der Waals surface area contributed by atoms with Gasteiger partial charge in [-0.3, -0.25) is 4.79 Å². The van der Waals surface area contributed by atoms with E-state index in [4.69, 9.17) is 0 Å². The van der Waals surface area contributed by atoms with Crippen molar-refractivity contribution in [3.63, 3.8) is 0 Å². The lowest BCUT2D eigenvalue weighted by Crippen LogP contribution is -2.38.